The Bertz CT molecular complexity index is 354. The number of nitrogens with zero attached hydrogens (tertiary/aromatic N) is 1. The van der Waals surface area contributed by atoms with E-state index in [1.165, 1.54) is 0 Å². The van der Waals surface area contributed by atoms with E-state index in [1.807, 2.05) is 42.2 Å². The lowest BCUT2D eigenvalue weighted by molar-refractivity contribution is -0.118. The van der Waals surface area contributed by atoms with Crippen LogP contribution in [0.25, 0.3) is 0 Å². The molecule has 0 spiro atoms. The zero-order valence-corrected chi connectivity index (χ0v) is 12.7. The molecule has 1 aromatic rings. The molecule has 2 N–H and O–H groups in total. The molecule has 1 unspecified atom stereocenters. The molecule has 0 aliphatic carbocycles. The summed E-state index contributed by atoms with van der Waals surface area (Å²) in [5, 5.41) is 0. The van der Waals surface area contributed by atoms with Crippen molar-refractivity contribution in [1.29, 1.82) is 0 Å². The maximum Gasteiger partial charge on any atom is 0.227 e. The molecule has 1 aromatic carbocycles. The van der Waals surface area contributed by atoms with E-state index < -0.39 is 0 Å². The topological polar surface area (TPSA) is 46.3 Å². The zero-order chi connectivity index (χ0) is 13.4. The van der Waals surface area contributed by atoms with E-state index in [2.05, 4.69) is 6.92 Å². The van der Waals surface area contributed by atoms with Crippen LogP contribution in [-0.4, -0.2) is 18.5 Å². The smallest absolute Gasteiger partial charge is 0.227 e. The monoisotopic (exact) mass is 284 g/mol. The highest BCUT2D eigenvalue weighted by atomic mass is 35.5. The number of carbonyl (C=O) groups is 1. The van der Waals surface area contributed by atoms with E-state index in [9.17, 15) is 4.79 Å². The number of hydrogen-bond donors (Lipinski definition) is 1. The van der Waals surface area contributed by atoms with Gasteiger partial charge in [-0.25, -0.2) is 0 Å². The Balaban J connectivity index is 0.00000324. The highest BCUT2D eigenvalue weighted by Crippen LogP contribution is 2.16. The Morgan fingerprint density at radius 1 is 1.32 bits per heavy atom. The first kappa shape index (κ1) is 17.9. The number of unbranched alkanes of at least 4 members (excludes halogenated alkanes) is 1. The number of carbonyl (C=O) groups excluding carboxylic acids is 1. The van der Waals surface area contributed by atoms with Gasteiger partial charge in [0.25, 0.3) is 0 Å². The Hall–Kier alpha value is -1.06. The SMILES string of the molecule is CCCCN(C(=O)CCC(C)N)c1ccccc1.Cl. The molecular formula is C15H25ClN2O. The Morgan fingerprint density at radius 2 is 1.95 bits per heavy atom. The normalized spacial score (nSPS) is 11.5. The van der Waals surface area contributed by atoms with Crippen LogP contribution in [0.5, 0.6) is 0 Å². The van der Waals surface area contributed by atoms with Crippen molar-refractivity contribution in [2.75, 3.05) is 11.4 Å². The van der Waals surface area contributed by atoms with Gasteiger partial charge in [0, 0.05) is 24.7 Å². The molecule has 1 atom stereocenters. The third-order valence-corrected chi connectivity index (χ3v) is 2.92. The lowest BCUT2D eigenvalue weighted by Gasteiger charge is -2.23. The van der Waals surface area contributed by atoms with Crippen LogP contribution in [0, 0.1) is 0 Å². The van der Waals surface area contributed by atoms with Crippen LogP contribution in [0.15, 0.2) is 30.3 Å². The van der Waals surface area contributed by atoms with Gasteiger partial charge >= 0.3 is 0 Å². The van der Waals surface area contributed by atoms with Crippen LogP contribution in [0.2, 0.25) is 0 Å². The molecule has 0 fully saturated rings. The largest absolute Gasteiger partial charge is 0.328 e. The minimum Gasteiger partial charge on any atom is -0.328 e. The zero-order valence-electron chi connectivity index (χ0n) is 11.8. The summed E-state index contributed by atoms with van der Waals surface area (Å²) >= 11 is 0. The van der Waals surface area contributed by atoms with Crippen molar-refractivity contribution >= 4 is 24.0 Å². The molecule has 3 nitrogen and oxygen atoms in total. The summed E-state index contributed by atoms with van der Waals surface area (Å²) in [7, 11) is 0. The first-order chi connectivity index (χ1) is 8.65. The van der Waals surface area contributed by atoms with Gasteiger partial charge < -0.3 is 10.6 Å². The fraction of sp³-hybridized carbons (Fsp3) is 0.533. The van der Waals surface area contributed by atoms with Gasteiger partial charge in [0.05, 0.1) is 0 Å². The second kappa shape index (κ2) is 9.82. The summed E-state index contributed by atoms with van der Waals surface area (Å²) in [4.78, 5) is 14.1. The van der Waals surface area contributed by atoms with E-state index >= 15 is 0 Å². The van der Waals surface area contributed by atoms with Crippen molar-refractivity contribution in [2.45, 2.75) is 45.6 Å². The van der Waals surface area contributed by atoms with Gasteiger partial charge in [-0.3, -0.25) is 4.79 Å². The number of amides is 1. The van der Waals surface area contributed by atoms with Crippen molar-refractivity contribution < 1.29 is 4.79 Å². The molecule has 0 aliphatic rings. The lowest BCUT2D eigenvalue weighted by Crippen LogP contribution is -2.32. The summed E-state index contributed by atoms with van der Waals surface area (Å²) in [5.41, 5.74) is 6.70. The third-order valence-electron chi connectivity index (χ3n) is 2.92. The van der Waals surface area contributed by atoms with Crippen molar-refractivity contribution in [3.63, 3.8) is 0 Å². The van der Waals surface area contributed by atoms with E-state index in [-0.39, 0.29) is 24.4 Å². The van der Waals surface area contributed by atoms with Gasteiger partial charge in [-0.1, -0.05) is 31.5 Å². The van der Waals surface area contributed by atoms with Crippen LogP contribution < -0.4 is 10.6 Å². The first-order valence-electron chi connectivity index (χ1n) is 6.76. The quantitative estimate of drug-likeness (QED) is 0.834. The molecule has 1 rings (SSSR count). The highest BCUT2D eigenvalue weighted by Gasteiger charge is 2.15. The number of halogens is 1. The number of anilines is 1. The summed E-state index contributed by atoms with van der Waals surface area (Å²) in [6.45, 7) is 4.86. The van der Waals surface area contributed by atoms with E-state index in [0.717, 1.165) is 31.5 Å². The maximum atomic E-state index is 12.2. The number of para-hydroxylation sites is 1. The second-order valence-corrected chi connectivity index (χ2v) is 4.75. The van der Waals surface area contributed by atoms with Gasteiger partial charge in [0.15, 0.2) is 0 Å². The van der Waals surface area contributed by atoms with E-state index in [4.69, 9.17) is 5.73 Å². The van der Waals surface area contributed by atoms with E-state index in [0.29, 0.717) is 6.42 Å². The standard InChI is InChI=1S/C15H24N2O.ClH/c1-3-4-12-17(14-8-6-5-7-9-14)15(18)11-10-13(2)16;/h5-9,13H,3-4,10-12,16H2,1-2H3;1H. The average molecular weight is 285 g/mol. The van der Waals surface area contributed by atoms with Gasteiger partial charge in [-0.15, -0.1) is 12.4 Å². The molecule has 19 heavy (non-hydrogen) atoms. The molecule has 0 saturated carbocycles. The number of benzene rings is 1. The predicted molar refractivity (Wildman–Crippen MR) is 83.8 cm³/mol. The van der Waals surface area contributed by atoms with Crippen LogP contribution in [0.1, 0.15) is 39.5 Å². The predicted octanol–water partition coefficient (Wildman–Crippen LogP) is 3.37. The molecule has 0 bridgehead atoms. The van der Waals surface area contributed by atoms with Gasteiger partial charge in [-0.2, -0.15) is 0 Å². The molecule has 0 aromatic heterocycles. The molecule has 0 heterocycles. The summed E-state index contributed by atoms with van der Waals surface area (Å²) < 4.78 is 0. The fourth-order valence-electron chi connectivity index (χ4n) is 1.81. The summed E-state index contributed by atoms with van der Waals surface area (Å²) in [5.74, 6) is 0.173. The van der Waals surface area contributed by atoms with Crippen molar-refractivity contribution in [3.05, 3.63) is 30.3 Å². The Labute approximate surface area is 122 Å². The lowest BCUT2D eigenvalue weighted by atomic mass is 10.1. The Kier molecular flexibility index (Phi) is 9.27. The average Bonchev–Trinajstić information content (AvgIpc) is 2.38. The maximum absolute atomic E-state index is 12.2. The van der Waals surface area contributed by atoms with Gasteiger partial charge in [0.2, 0.25) is 5.91 Å². The molecule has 1 amide bonds. The molecule has 108 valence electrons. The van der Waals surface area contributed by atoms with Crippen LogP contribution in [-0.2, 0) is 4.79 Å². The van der Waals surface area contributed by atoms with E-state index in [1.54, 1.807) is 0 Å². The summed E-state index contributed by atoms with van der Waals surface area (Å²) in [6.07, 6.45) is 3.38. The number of hydrogen-bond acceptors (Lipinski definition) is 2. The minimum absolute atomic E-state index is 0. The third kappa shape index (κ3) is 6.60. The van der Waals surface area contributed by atoms with Gasteiger partial charge in [-0.05, 0) is 31.9 Å². The summed E-state index contributed by atoms with van der Waals surface area (Å²) in [6, 6.07) is 9.95. The molecule has 0 saturated heterocycles. The fourth-order valence-corrected chi connectivity index (χ4v) is 1.81. The minimum atomic E-state index is 0. The molecule has 0 aliphatic heterocycles. The van der Waals surface area contributed by atoms with Crippen molar-refractivity contribution in [3.8, 4) is 0 Å². The van der Waals surface area contributed by atoms with Gasteiger partial charge in [0.1, 0.15) is 0 Å². The second-order valence-electron chi connectivity index (χ2n) is 4.75. The van der Waals surface area contributed by atoms with Crippen LogP contribution >= 0.6 is 12.4 Å². The molecule has 0 radical (unpaired) electrons. The highest BCUT2D eigenvalue weighted by molar-refractivity contribution is 5.93. The van der Waals surface area contributed by atoms with Crippen molar-refractivity contribution in [2.24, 2.45) is 5.73 Å². The first-order valence-corrected chi connectivity index (χ1v) is 6.76. The molecular weight excluding hydrogens is 260 g/mol. The number of rotatable bonds is 7. The molecule has 4 heteroatoms. The van der Waals surface area contributed by atoms with Crippen LogP contribution in [0.4, 0.5) is 5.69 Å². The Morgan fingerprint density at radius 3 is 2.47 bits per heavy atom. The van der Waals surface area contributed by atoms with Crippen LogP contribution in [0.3, 0.4) is 0 Å². The number of nitrogens with two attached hydrogens (primary N) is 1. The van der Waals surface area contributed by atoms with Crippen molar-refractivity contribution in [1.82, 2.24) is 0 Å².